The van der Waals surface area contributed by atoms with Gasteiger partial charge in [0.25, 0.3) is 0 Å². The van der Waals surface area contributed by atoms with Gasteiger partial charge >= 0.3 is 0 Å². The van der Waals surface area contributed by atoms with Gasteiger partial charge in [-0.1, -0.05) is 64.4 Å². The molecule has 2 aromatic heterocycles. The first-order valence-corrected chi connectivity index (χ1v) is 11.3. The van der Waals surface area contributed by atoms with Crippen molar-refractivity contribution in [3.05, 3.63) is 37.8 Å². The highest BCUT2D eigenvalue weighted by atomic mass is 35.5. The van der Waals surface area contributed by atoms with Crippen LogP contribution in [0.25, 0.3) is 0 Å². The van der Waals surface area contributed by atoms with Crippen molar-refractivity contribution in [2.45, 2.75) is 38.5 Å². The van der Waals surface area contributed by atoms with E-state index >= 15 is 0 Å². The molecule has 0 radical (unpaired) electrons. The van der Waals surface area contributed by atoms with Crippen molar-refractivity contribution in [3.8, 4) is 0 Å². The van der Waals surface area contributed by atoms with Crippen molar-refractivity contribution in [3.63, 3.8) is 0 Å². The third-order valence-corrected chi connectivity index (χ3v) is 5.58. The van der Waals surface area contributed by atoms with Gasteiger partial charge in [-0.3, -0.25) is 0 Å². The Hall–Kier alpha value is -0.630. The van der Waals surface area contributed by atoms with Crippen LogP contribution in [-0.2, 0) is 0 Å². The molecule has 0 unspecified atom stereocenters. The van der Waals surface area contributed by atoms with E-state index in [0.29, 0.717) is 15.3 Å². The number of hydrogen-bond donors (Lipinski definition) is 1. The van der Waals surface area contributed by atoms with Crippen molar-refractivity contribution < 1.29 is 0 Å². The van der Waals surface area contributed by atoms with Crippen LogP contribution < -0.4 is 10.2 Å². The van der Waals surface area contributed by atoms with E-state index in [-0.39, 0.29) is 10.3 Å². The van der Waals surface area contributed by atoms with Gasteiger partial charge in [-0.05, 0) is 51.3 Å². The van der Waals surface area contributed by atoms with Gasteiger partial charge in [0.05, 0.1) is 10.7 Å². The lowest BCUT2D eigenvalue weighted by atomic mass is 10.1. The van der Waals surface area contributed by atoms with E-state index in [1.165, 1.54) is 57.7 Å². The molecule has 0 amide bonds. The summed E-state index contributed by atoms with van der Waals surface area (Å²) in [6, 6.07) is 3.21. The first-order chi connectivity index (χ1) is 14.0. The van der Waals surface area contributed by atoms with Crippen LogP contribution in [-0.4, -0.2) is 46.6 Å². The van der Waals surface area contributed by atoms with Gasteiger partial charge in [0.15, 0.2) is 20.6 Å². The summed E-state index contributed by atoms with van der Waals surface area (Å²) >= 11 is 28.0. The number of rotatable bonds is 1. The Morgan fingerprint density at radius 1 is 0.655 bits per heavy atom. The average molecular weight is 501 g/mol. The van der Waals surface area contributed by atoms with Gasteiger partial charge in [-0.25, -0.2) is 0 Å². The smallest absolute Gasteiger partial charge is 0.175 e. The quantitative estimate of drug-likeness (QED) is 0.520. The fourth-order valence-corrected chi connectivity index (χ4v) is 3.62. The fourth-order valence-electron chi connectivity index (χ4n) is 2.83. The van der Waals surface area contributed by atoms with E-state index in [2.05, 4.69) is 30.6 Å². The molecule has 1 N–H and O–H groups in total. The Kier molecular flexibility index (Phi) is 11.6. The monoisotopic (exact) mass is 498 g/mol. The molecule has 0 atom stereocenters. The van der Waals surface area contributed by atoms with Crippen LogP contribution in [0, 0.1) is 0 Å². The lowest BCUT2D eigenvalue weighted by molar-refractivity contribution is 0.520. The second kappa shape index (κ2) is 13.6. The number of piperidine rings is 2. The zero-order valence-electron chi connectivity index (χ0n) is 15.9. The van der Waals surface area contributed by atoms with E-state index in [9.17, 15) is 0 Å². The van der Waals surface area contributed by atoms with E-state index in [1.54, 1.807) is 6.07 Å². The van der Waals surface area contributed by atoms with Gasteiger partial charge < -0.3 is 10.2 Å². The number of nitrogens with zero attached hydrogens (tertiary/aromatic N) is 5. The molecule has 0 spiro atoms. The van der Waals surface area contributed by atoms with E-state index < -0.39 is 0 Å². The highest BCUT2D eigenvalue weighted by Crippen LogP contribution is 2.27. The molecule has 4 rings (SSSR count). The SMILES string of the molecule is C1CCNCC1.Clc1cc(Cl)c(Cl)nn1.Clc1cc(N2CCCCC2)c(Cl)nn1. The number of aromatic nitrogens is 4. The first kappa shape index (κ1) is 24.6. The van der Waals surface area contributed by atoms with Crippen molar-refractivity contribution in [1.82, 2.24) is 25.7 Å². The third-order valence-electron chi connectivity index (χ3n) is 4.28. The Labute approximate surface area is 196 Å². The largest absolute Gasteiger partial charge is 0.369 e. The highest BCUT2D eigenvalue weighted by Gasteiger charge is 2.15. The Morgan fingerprint density at radius 3 is 1.69 bits per heavy atom. The molecule has 2 aliphatic heterocycles. The summed E-state index contributed by atoms with van der Waals surface area (Å²) in [4.78, 5) is 2.21. The van der Waals surface area contributed by atoms with E-state index in [4.69, 9.17) is 58.0 Å². The maximum Gasteiger partial charge on any atom is 0.175 e. The molecule has 29 heavy (non-hydrogen) atoms. The molecule has 2 saturated heterocycles. The summed E-state index contributed by atoms with van der Waals surface area (Å²) in [6.45, 7) is 4.56. The van der Waals surface area contributed by atoms with Crippen LogP contribution in [0.15, 0.2) is 12.1 Å². The molecule has 0 aliphatic carbocycles. The van der Waals surface area contributed by atoms with Gasteiger partial charge in [0, 0.05) is 19.2 Å². The summed E-state index contributed by atoms with van der Waals surface area (Å²) in [6.07, 6.45) is 7.92. The van der Waals surface area contributed by atoms with Crippen molar-refractivity contribution in [2.75, 3.05) is 31.1 Å². The summed E-state index contributed by atoms with van der Waals surface area (Å²) in [5.74, 6) is 0. The minimum Gasteiger partial charge on any atom is -0.369 e. The predicted molar refractivity (Wildman–Crippen MR) is 122 cm³/mol. The average Bonchev–Trinajstić information content (AvgIpc) is 2.75. The van der Waals surface area contributed by atoms with E-state index in [1.807, 2.05) is 0 Å². The molecular weight excluding hydrogens is 478 g/mol. The van der Waals surface area contributed by atoms with Crippen molar-refractivity contribution in [1.29, 1.82) is 0 Å². The second-order valence-corrected chi connectivity index (χ2v) is 8.41. The Bertz CT molecular complexity index is 742. The van der Waals surface area contributed by atoms with Gasteiger partial charge in [-0.15, -0.1) is 20.4 Å². The molecule has 2 aromatic rings. The molecule has 11 heteroatoms. The minimum atomic E-state index is 0.168. The molecule has 2 fully saturated rings. The topological polar surface area (TPSA) is 66.8 Å². The normalized spacial score (nSPS) is 16.2. The van der Waals surface area contributed by atoms with Gasteiger partial charge in [0.1, 0.15) is 0 Å². The Balaban J connectivity index is 0.000000171. The number of anilines is 1. The van der Waals surface area contributed by atoms with Crippen molar-refractivity contribution >= 4 is 63.7 Å². The van der Waals surface area contributed by atoms with Crippen LogP contribution in [0.2, 0.25) is 25.6 Å². The highest BCUT2D eigenvalue weighted by molar-refractivity contribution is 6.42. The maximum absolute atomic E-state index is 5.96. The second-order valence-electron chi connectivity index (χ2n) is 6.51. The van der Waals surface area contributed by atoms with Crippen LogP contribution in [0.4, 0.5) is 5.69 Å². The summed E-state index contributed by atoms with van der Waals surface area (Å²) in [5, 5.41) is 19.2. The van der Waals surface area contributed by atoms with Crippen molar-refractivity contribution in [2.24, 2.45) is 0 Å². The molecule has 0 aromatic carbocycles. The van der Waals surface area contributed by atoms with Crippen LogP contribution in [0.3, 0.4) is 0 Å². The summed E-state index contributed by atoms with van der Waals surface area (Å²) < 4.78 is 0. The number of nitrogens with one attached hydrogen (secondary N) is 1. The number of halogens is 5. The van der Waals surface area contributed by atoms with Crippen LogP contribution in [0.5, 0.6) is 0 Å². The molecule has 6 nitrogen and oxygen atoms in total. The molecule has 2 aliphatic rings. The molecular formula is C18H23Cl5N6. The molecule has 0 bridgehead atoms. The minimum absolute atomic E-state index is 0.168. The van der Waals surface area contributed by atoms with E-state index in [0.717, 1.165) is 18.8 Å². The molecule has 0 saturated carbocycles. The van der Waals surface area contributed by atoms with Gasteiger partial charge in [0.2, 0.25) is 0 Å². The van der Waals surface area contributed by atoms with Crippen LogP contribution in [0.1, 0.15) is 38.5 Å². The summed E-state index contributed by atoms with van der Waals surface area (Å²) in [7, 11) is 0. The molecule has 4 heterocycles. The zero-order chi connectivity index (χ0) is 21.1. The predicted octanol–water partition coefficient (Wildman–Crippen LogP) is 5.97. The summed E-state index contributed by atoms with van der Waals surface area (Å²) in [5.41, 5.74) is 0.909. The maximum atomic E-state index is 5.96. The standard InChI is InChI=1S/C9H11Cl2N3.C5H11N.C4HCl3N2/c10-8-6-7(9(11)13-12-8)14-4-2-1-3-5-14;1-2-4-6-5-3-1;5-2-1-3(6)8-9-4(2)7/h6H,1-5H2;6H,1-5H2;1H. The zero-order valence-corrected chi connectivity index (χ0v) is 19.6. The van der Waals surface area contributed by atoms with Gasteiger partial charge in [-0.2, -0.15) is 0 Å². The molecule has 160 valence electrons. The first-order valence-electron chi connectivity index (χ1n) is 9.46. The lowest BCUT2D eigenvalue weighted by Crippen LogP contribution is -2.29. The third kappa shape index (κ3) is 9.37. The Morgan fingerprint density at radius 2 is 1.21 bits per heavy atom. The van der Waals surface area contributed by atoms with Crippen LogP contribution >= 0.6 is 58.0 Å². The number of hydrogen-bond acceptors (Lipinski definition) is 6. The lowest BCUT2D eigenvalue weighted by Gasteiger charge is -2.28. The fraction of sp³-hybridized carbons (Fsp3) is 0.556.